The van der Waals surface area contributed by atoms with Gasteiger partial charge in [0.15, 0.2) is 0 Å². The first-order chi connectivity index (χ1) is 5.20. The van der Waals surface area contributed by atoms with Crippen LogP contribution in [-0.2, 0) is 4.74 Å². The van der Waals surface area contributed by atoms with Crippen molar-refractivity contribution in [2.45, 2.75) is 19.4 Å². The molecule has 3 heteroatoms. The van der Waals surface area contributed by atoms with E-state index >= 15 is 0 Å². The van der Waals surface area contributed by atoms with Gasteiger partial charge in [0.05, 0.1) is 6.10 Å². The Kier molecular flexibility index (Phi) is 6.51. The number of nitrogens with zero attached hydrogens (tertiary/aromatic N) is 1. The summed E-state index contributed by atoms with van der Waals surface area (Å²) in [6.45, 7) is 4.43. The molecule has 0 spiro atoms. The molecule has 68 valence electrons. The fourth-order valence-electron chi connectivity index (χ4n) is 0.907. The molecule has 0 fully saturated rings. The molecule has 0 heterocycles. The average molecular weight is 160 g/mol. The molecule has 0 aliphatic carbocycles. The maximum Gasteiger partial charge on any atom is 0.0709 e. The quantitative estimate of drug-likeness (QED) is 0.607. The van der Waals surface area contributed by atoms with E-state index in [1.807, 2.05) is 6.92 Å². The van der Waals surface area contributed by atoms with Crippen molar-refractivity contribution >= 4 is 0 Å². The first kappa shape index (κ1) is 10.9. The molecule has 0 saturated heterocycles. The van der Waals surface area contributed by atoms with Crippen molar-refractivity contribution < 1.29 is 4.74 Å². The molecule has 3 nitrogen and oxygen atoms in total. The molecular formula is C8H20N2O. The monoisotopic (exact) mass is 160 g/mol. The van der Waals surface area contributed by atoms with E-state index in [0.29, 0.717) is 6.54 Å². The van der Waals surface area contributed by atoms with Gasteiger partial charge in [-0.25, -0.2) is 0 Å². The largest absolute Gasteiger partial charge is 0.377 e. The Hall–Kier alpha value is -0.120. The Balaban J connectivity index is 3.35. The van der Waals surface area contributed by atoms with Gasteiger partial charge in [-0.1, -0.05) is 0 Å². The van der Waals surface area contributed by atoms with Crippen molar-refractivity contribution in [2.24, 2.45) is 5.73 Å². The van der Waals surface area contributed by atoms with Crippen molar-refractivity contribution in [3.05, 3.63) is 0 Å². The van der Waals surface area contributed by atoms with E-state index in [4.69, 9.17) is 10.5 Å². The van der Waals surface area contributed by atoms with Crippen LogP contribution in [0.15, 0.2) is 0 Å². The molecule has 0 aromatic heterocycles. The summed E-state index contributed by atoms with van der Waals surface area (Å²) in [4.78, 5) is 2.14. The Morgan fingerprint density at radius 3 is 2.45 bits per heavy atom. The first-order valence-electron chi connectivity index (χ1n) is 4.17. The minimum Gasteiger partial charge on any atom is -0.377 e. The van der Waals surface area contributed by atoms with Gasteiger partial charge in [0.1, 0.15) is 0 Å². The van der Waals surface area contributed by atoms with Gasteiger partial charge in [-0.3, -0.25) is 0 Å². The highest BCUT2D eigenvalue weighted by Crippen LogP contribution is 1.96. The molecule has 0 radical (unpaired) electrons. The molecule has 2 N–H and O–H groups in total. The fraction of sp³-hybridized carbons (Fsp3) is 1.00. The van der Waals surface area contributed by atoms with Crippen LogP contribution in [0.1, 0.15) is 13.3 Å². The summed E-state index contributed by atoms with van der Waals surface area (Å²) in [6.07, 6.45) is 1.26. The van der Waals surface area contributed by atoms with Crippen LogP contribution in [0.2, 0.25) is 0 Å². The molecule has 0 aliphatic rings. The Morgan fingerprint density at radius 2 is 2.09 bits per heavy atom. The maximum atomic E-state index is 5.50. The zero-order chi connectivity index (χ0) is 8.69. The van der Waals surface area contributed by atoms with E-state index in [0.717, 1.165) is 19.6 Å². The van der Waals surface area contributed by atoms with Crippen molar-refractivity contribution in [1.29, 1.82) is 0 Å². The molecule has 0 saturated carbocycles. The van der Waals surface area contributed by atoms with Crippen LogP contribution in [0, 0.1) is 0 Å². The molecule has 0 amide bonds. The number of hydrogen-bond acceptors (Lipinski definition) is 3. The van der Waals surface area contributed by atoms with Crippen molar-refractivity contribution in [1.82, 2.24) is 4.90 Å². The predicted molar refractivity (Wildman–Crippen MR) is 47.6 cm³/mol. The molecule has 11 heavy (non-hydrogen) atoms. The summed E-state index contributed by atoms with van der Waals surface area (Å²) in [5.41, 5.74) is 5.50. The fourth-order valence-corrected chi connectivity index (χ4v) is 0.907. The van der Waals surface area contributed by atoms with Gasteiger partial charge in [0, 0.05) is 19.7 Å². The van der Waals surface area contributed by atoms with Gasteiger partial charge in [-0.15, -0.1) is 0 Å². The van der Waals surface area contributed by atoms with Gasteiger partial charge < -0.3 is 15.4 Å². The van der Waals surface area contributed by atoms with Crippen LogP contribution in [0.5, 0.6) is 0 Å². The lowest BCUT2D eigenvalue weighted by Gasteiger charge is -2.17. The Labute approximate surface area is 69.5 Å². The molecular weight excluding hydrogens is 140 g/mol. The van der Waals surface area contributed by atoms with Crippen molar-refractivity contribution in [2.75, 3.05) is 33.8 Å². The topological polar surface area (TPSA) is 38.5 Å². The normalized spacial score (nSPS) is 13.9. The van der Waals surface area contributed by atoms with Crippen LogP contribution in [0.4, 0.5) is 0 Å². The molecule has 1 atom stereocenters. The number of rotatable bonds is 6. The van der Waals surface area contributed by atoms with Gasteiger partial charge in [0.25, 0.3) is 0 Å². The van der Waals surface area contributed by atoms with E-state index in [9.17, 15) is 0 Å². The highest BCUT2D eigenvalue weighted by Gasteiger charge is 2.05. The minimum atomic E-state index is 0.238. The van der Waals surface area contributed by atoms with Crippen LogP contribution < -0.4 is 5.73 Å². The second-order valence-electron chi connectivity index (χ2n) is 2.91. The zero-order valence-electron chi connectivity index (χ0n) is 7.84. The van der Waals surface area contributed by atoms with Crippen molar-refractivity contribution in [3.63, 3.8) is 0 Å². The molecule has 0 aromatic rings. The summed E-state index contributed by atoms with van der Waals surface area (Å²) < 4.78 is 5.39. The third kappa shape index (κ3) is 6.28. The minimum absolute atomic E-state index is 0.238. The lowest BCUT2D eigenvalue weighted by molar-refractivity contribution is 0.0580. The number of hydrogen-bond donors (Lipinski definition) is 1. The smallest absolute Gasteiger partial charge is 0.0709 e. The third-order valence-corrected chi connectivity index (χ3v) is 1.56. The van der Waals surface area contributed by atoms with Crippen LogP contribution in [-0.4, -0.2) is 44.8 Å². The maximum absolute atomic E-state index is 5.50. The first-order valence-corrected chi connectivity index (χ1v) is 4.17. The molecule has 0 unspecified atom stereocenters. The molecule has 0 bridgehead atoms. The van der Waals surface area contributed by atoms with Crippen LogP contribution >= 0.6 is 0 Å². The summed E-state index contributed by atoms with van der Waals surface area (Å²) >= 11 is 0. The summed E-state index contributed by atoms with van der Waals surface area (Å²) in [5.74, 6) is 0. The zero-order valence-corrected chi connectivity index (χ0v) is 7.84. The highest BCUT2D eigenvalue weighted by molar-refractivity contribution is 4.59. The van der Waals surface area contributed by atoms with E-state index in [1.165, 1.54) is 0 Å². The van der Waals surface area contributed by atoms with Gasteiger partial charge in [-0.05, 0) is 27.4 Å². The van der Waals surface area contributed by atoms with E-state index in [1.54, 1.807) is 0 Å². The van der Waals surface area contributed by atoms with Gasteiger partial charge in [-0.2, -0.15) is 0 Å². The Bertz CT molecular complexity index is 86.2. The number of nitrogens with two attached hydrogens (primary N) is 1. The van der Waals surface area contributed by atoms with Gasteiger partial charge >= 0.3 is 0 Å². The second kappa shape index (κ2) is 6.58. The molecule has 0 rings (SSSR count). The summed E-state index contributed by atoms with van der Waals surface area (Å²) in [6, 6.07) is 0. The molecule has 0 aromatic carbocycles. The standard InChI is InChI=1S/C8H20N2O/c1-4-11-8(7-9)5-6-10(2)3/h8H,4-7,9H2,1-3H3/t8-/m0/s1. The third-order valence-electron chi connectivity index (χ3n) is 1.56. The van der Waals surface area contributed by atoms with Crippen molar-refractivity contribution in [3.8, 4) is 0 Å². The summed E-state index contributed by atoms with van der Waals surface area (Å²) in [7, 11) is 4.11. The van der Waals surface area contributed by atoms with E-state index in [2.05, 4.69) is 19.0 Å². The average Bonchev–Trinajstić information content (AvgIpc) is 1.97. The van der Waals surface area contributed by atoms with E-state index in [-0.39, 0.29) is 6.10 Å². The van der Waals surface area contributed by atoms with Crippen LogP contribution in [0.25, 0.3) is 0 Å². The van der Waals surface area contributed by atoms with E-state index < -0.39 is 0 Å². The lowest BCUT2D eigenvalue weighted by Crippen LogP contribution is -2.28. The SMILES string of the molecule is CCO[C@H](CN)CCN(C)C. The highest BCUT2D eigenvalue weighted by atomic mass is 16.5. The molecule has 0 aliphatic heterocycles. The second-order valence-corrected chi connectivity index (χ2v) is 2.91. The predicted octanol–water partition coefficient (Wildman–Crippen LogP) is 0.302. The summed E-state index contributed by atoms with van der Waals surface area (Å²) in [5, 5.41) is 0. The number of ether oxygens (including phenoxy) is 1. The van der Waals surface area contributed by atoms with Gasteiger partial charge in [0.2, 0.25) is 0 Å². The van der Waals surface area contributed by atoms with Crippen LogP contribution in [0.3, 0.4) is 0 Å². The lowest BCUT2D eigenvalue weighted by atomic mass is 10.2. The Morgan fingerprint density at radius 1 is 1.45 bits per heavy atom.